The zero-order valence-corrected chi connectivity index (χ0v) is 19.5. The van der Waals surface area contributed by atoms with E-state index in [9.17, 15) is 14.7 Å². The van der Waals surface area contributed by atoms with Crippen molar-refractivity contribution in [3.63, 3.8) is 0 Å². The lowest BCUT2D eigenvalue weighted by atomic mass is 9.94. The van der Waals surface area contributed by atoms with E-state index in [0.29, 0.717) is 39.2 Å². The van der Waals surface area contributed by atoms with Crippen LogP contribution in [0.1, 0.15) is 29.7 Å². The molecule has 1 amide bonds. The number of carbonyl (C=O) groups is 2. The molecule has 3 aromatic carbocycles. The van der Waals surface area contributed by atoms with Gasteiger partial charge in [0.05, 0.1) is 18.2 Å². The molecule has 4 rings (SSSR count). The van der Waals surface area contributed by atoms with Gasteiger partial charge >= 0.3 is 0 Å². The van der Waals surface area contributed by atoms with Crippen molar-refractivity contribution in [2.45, 2.75) is 19.9 Å². The number of hydrogen-bond acceptors (Lipinski definition) is 4. The minimum atomic E-state index is -0.866. The van der Waals surface area contributed by atoms with Gasteiger partial charge < -0.3 is 9.84 Å². The summed E-state index contributed by atoms with van der Waals surface area (Å²) in [4.78, 5) is 27.8. The molecule has 33 heavy (non-hydrogen) atoms. The Hall–Kier alpha value is -3.28. The summed E-state index contributed by atoms with van der Waals surface area (Å²) in [5.74, 6) is -1.30. The largest absolute Gasteiger partial charge is 0.507 e. The third-order valence-electron chi connectivity index (χ3n) is 5.35. The van der Waals surface area contributed by atoms with Crippen molar-refractivity contribution in [3.8, 4) is 5.75 Å². The molecule has 1 fully saturated rings. The van der Waals surface area contributed by atoms with Crippen molar-refractivity contribution in [1.29, 1.82) is 0 Å². The van der Waals surface area contributed by atoms with Gasteiger partial charge in [0.25, 0.3) is 11.7 Å². The first kappa shape index (κ1) is 22.9. The summed E-state index contributed by atoms with van der Waals surface area (Å²) in [6.07, 6.45) is 0. The first-order valence-electron chi connectivity index (χ1n) is 10.4. The molecule has 168 valence electrons. The highest BCUT2D eigenvalue weighted by atomic mass is 35.5. The summed E-state index contributed by atoms with van der Waals surface area (Å²) >= 11 is 12.4. The van der Waals surface area contributed by atoms with Crippen LogP contribution in [0.3, 0.4) is 0 Å². The number of amides is 1. The van der Waals surface area contributed by atoms with Gasteiger partial charge in [-0.2, -0.15) is 0 Å². The van der Waals surface area contributed by atoms with Gasteiger partial charge in [-0.25, -0.2) is 0 Å². The molecule has 0 aromatic heterocycles. The summed E-state index contributed by atoms with van der Waals surface area (Å²) in [7, 11) is 0. The number of carbonyl (C=O) groups excluding carboxylic acids is 2. The summed E-state index contributed by atoms with van der Waals surface area (Å²) < 4.78 is 5.53. The van der Waals surface area contributed by atoms with E-state index >= 15 is 0 Å². The Bertz CT molecular complexity index is 1260. The maximum Gasteiger partial charge on any atom is 0.300 e. The number of aliphatic hydroxyl groups is 1. The number of rotatable bonds is 5. The maximum atomic E-state index is 13.2. The number of halogens is 2. The van der Waals surface area contributed by atoms with Gasteiger partial charge in [0.1, 0.15) is 11.5 Å². The third kappa shape index (κ3) is 4.47. The molecule has 1 saturated heterocycles. The fourth-order valence-corrected chi connectivity index (χ4v) is 4.50. The van der Waals surface area contributed by atoms with E-state index in [4.69, 9.17) is 27.9 Å². The van der Waals surface area contributed by atoms with Gasteiger partial charge in [-0.1, -0.05) is 65.2 Å². The highest BCUT2D eigenvalue weighted by Crippen LogP contribution is 2.43. The molecular weight excluding hydrogens is 461 g/mol. The van der Waals surface area contributed by atoms with Gasteiger partial charge in [0.2, 0.25) is 0 Å². The van der Waals surface area contributed by atoms with Crippen LogP contribution in [0.25, 0.3) is 5.76 Å². The lowest BCUT2D eigenvalue weighted by Gasteiger charge is -2.26. The number of ketones is 1. The lowest BCUT2D eigenvalue weighted by Crippen LogP contribution is -2.29. The summed E-state index contributed by atoms with van der Waals surface area (Å²) in [5, 5.41) is 11.9. The number of hydrogen-bond donors (Lipinski definition) is 1. The molecular formula is C26H21Cl2NO4. The number of aryl methyl sites for hydroxylation is 1. The van der Waals surface area contributed by atoms with E-state index in [1.54, 1.807) is 42.5 Å². The SMILES string of the molecule is CCOc1cccc(/C(O)=C2\C(=O)C(=O)N(c3cc(Cl)cc(Cl)c3)C2c2cccc(C)c2)c1. The molecule has 7 heteroatoms. The van der Waals surface area contributed by atoms with Crippen molar-refractivity contribution in [1.82, 2.24) is 0 Å². The maximum absolute atomic E-state index is 13.2. The van der Waals surface area contributed by atoms with Crippen molar-refractivity contribution in [2.75, 3.05) is 11.5 Å². The van der Waals surface area contributed by atoms with Crippen molar-refractivity contribution >= 4 is 46.3 Å². The number of benzene rings is 3. The first-order valence-corrected chi connectivity index (χ1v) is 11.1. The second kappa shape index (κ2) is 9.30. The van der Waals surface area contributed by atoms with Gasteiger partial charge in [-0.15, -0.1) is 0 Å². The van der Waals surface area contributed by atoms with E-state index in [2.05, 4.69) is 0 Å². The minimum absolute atomic E-state index is 0.0182. The van der Waals surface area contributed by atoms with E-state index in [1.165, 1.54) is 4.90 Å². The zero-order valence-electron chi connectivity index (χ0n) is 18.0. The summed E-state index contributed by atoms with van der Waals surface area (Å²) in [6, 6.07) is 18.0. The molecule has 1 aliphatic rings. The average Bonchev–Trinajstić information content (AvgIpc) is 3.04. The van der Waals surface area contributed by atoms with Crippen LogP contribution in [-0.4, -0.2) is 23.4 Å². The van der Waals surface area contributed by atoms with Crippen molar-refractivity contribution < 1.29 is 19.4 Å². The minimum Gasteiger partial charge on any atom is -0.507 e. The van der Waals surface area contributed by atoms with Crippen LogP contribution in [-0.2, 0) is 9.59 Å². The summed E-state index contributed by atoms with van der Waals surface area (Å²) in [6.45, 7) is 4.22. The van der Waals surface area contributed by atoms with E-state index < -0.39 is 17.7 Å². The highest BCUT2D eigenvalue weighted by molar-refractivity contribution is 6.52. The third-order valence-corrected chi connectivity index (χ3v) is 5.78. The molecule has 5 nitrogen and oxygen atoms in total. The molecule has 0 radical (unpaired) electrons. The van der Waals surface area contributed by atoms with E-state index in [1.807, 2.05) is 38.1 Å². The molecule has 1 heterocycles. The smallest absolute Gasteiger partial charge is 0.300 e. The molecule has 0 bridgehead atoms. The lowest BCUT2D eigenvalue weighted by molar-refractivity contribution is -0.132. The van der Waals surface area contributed by atoms with Gasteiger partial charge in [-0.05, 0) is 49.7 Å². The van der Waals surface area contributed by atoms with Crippen LogP contribution < -0.4 is 9.64 Å². The highest BCUT2D eigenvalue weighted by Gasteiger charge is 2.47. The number of anilines is 1. The molecule has 1 aliphatic heterocycles. The number of aliphatic hydroxyl groups excluding tert-OH is 1. The molecule has 0 aliphatic carbocycles. The molecule has 1 N–H and O–H groups in total. The Morgan fingerprint density at radius 2 is 1.70 bits per heavy atom. The normalized spacial score (nSPS) is 17.5. The molecule has 3 aromatic rings. The van der Waals surface area contributed by atoms with Crippen LogP contribution in [0.4, 0.5) is 5.69 Å². The van der Waals surface area contributed by atoms with E-state index in [-0.39, 0.29) is 11.3 Å². The first-order chi connectivity index (χ1) is 15.8. The standard InChI is InChI=1S/C26H21Cl2NO4/c1-3-33-21-9-5-8-17(11-21)24(30)22-23(16-7-4-6-15(2)10-16)29(26(32)25(22)31)20-13-18(27)12-19(28)14-20/h4-14,23,30H,3H2,1-2H3/b24-22+. The fourth-order valence-electron chi connectivity index (χ4n) is 3.99. The second-order valence-corrected chi connectivity index (χ2v) is 8.54. The number of ether oxygens (including phenoxy) is 1. The van der Waals surface area contributed by atoms with E-state index in [0.717, 1.165) is 5.56 Å². The predicted molar refractivity (Wildman–Crippen MR) is 130 cm³/mol. The van der Waals surface area contributed by atoms with Gasteiger partial charge in [0, 0.05) is 21.3 Å². The Morgan fingerprint density at radius 3 is 2.36 bits per heavy atom. The molecule has 0 saturated carbocycles. The Labute approximate surface area is 201 Å². The van der Waals surface area contributed by atoms with Crippen LogP contribution in [0.5, 0.6) is 5.75 Å². The van der Waals surface area contributed by atoms with Gasteiger partial charge in [-0.3, -0.25) is 14.5 Å². The fraction of sp³-hybridized carbons (Fsp3) is 0.154. The van der Waals surface area contributed by atoms with Crippen LogP contribution in [0.15, 0.2) is 72.3 Å². The second-order valence-electron chi connectivity index (χ2n) is 7.67. The summed E-state index contributed by atoms with van der Waals surface area (Å²) in [5.41, 5.74) is 2.34. The molecule has 1 atom stereocenters. The quantitative estimate of drug-likeness (QED) is 0.262. The Morgan fingerprint density at radius 1 is 1.00 bits per heavy atom. The average molecular weight is 482 g/mol. The van der Waals surface area contributed by atoms with Crippen LogP contribution in [0.2, 0.25) is 10.0 Å². The monoisotopic (exact) mass is 481 g/mol. The number of nitrogens with zero attached hydrogens (tertiary/aromatic N) is 1. The van der Waals surface area contributed by atoms with Crippen LogP contribution >= 0.6 is 23.2 Å². The van der Waals surface area contributed by atoms with Crippen LogP contribution in [0, 0.1) is 6.92 Å². The van der Waals surface area contributed by atoms with Crippen molar-refractivity contribution in [2.24, 2.45) is 0 Å². The van der Waals surface area contributed by atoms with Gasteiger partial charge in [0.15, 0.2) is 0 Å². The zero-order chi connectivity index (χ0) is 23.7. The Kier molecular flexibility index (Phi) is 6.45. The van der Waals surface area contributed by atoms with Crippen molar-refractivity contribution in [3.05, 3.63) is 99.0 Å². The number of Topliss-reactive ketones (excluding diaryl/α,β-unsaturated/α-hetero) is 1. The Balaban J connectivity index is 1.95. The molecule has 1 unspecified atom stereocenters. The topological polar surface area (TPSA) is 66.8 Å². The predicted octanol–water partition coefficient (Wildman–Crippen LogP) is 6.33. The molecule has 0 spiro atoms.